The van der Waals surface area contributed by atoms with Gasteiger partial charge in [-0.1, -0.05) is 6.92 Å². The molecule has 0 aliphatic carbocycles. The van der Waals surface area contributed by atoms with Crippen molar-refractivity contribution < 1.29 is 4.79 Å². The lowest BCUT2D eigenvalue weighted by atomic mass is 9.97. The number of rotatable bonds is 4. The summed E-state index contributed by atoms with van der Waals surface area (Å²) in [5.41, 5.74) is 7.98. The van der Waals surface area contributed by atoms with Gasteiger partial charge in [0.05, 0.1) is 23.5 Å². The number of pyridine rings is 1. The smallest absolute Gasteiger partial charge is 0.224 e. The number of aromatic nitrogens is 1. The molecule has 0 spiro atoms. The van der Waals surface area contributed by atoms with Gasteiger partial charge in [0, 0.05) is 26.2 Å². The van der Waals surface area contributed by atoms with Gasteiger partial charge in [-0.2, -0.15) is 0 Å². The molecule has 2 heterocycles. The van der Waals surface area contributed by atoms with Crippen LogP contribution in [0.3, 0.4) is 0 Å². The Balaban J connectivity index is 2.05. The van der Waals surface area contributed by atoms with E-state index in [-0.39, 0.29) is 17.9 Å². The van der Waals surface area contributed by atoms with Crippen molar-refractivity contribution in [1.29, 1.82) is 0 Å². The van der Waals surface area contributed by atoms with Crippen molar-refractivity contribution in [2.45, 2.75) is 32.2 Å². The Morgan fingerprint density at radius 3 is 3.00 bits per heavy atom. The van der Waals surface area contributed by atoms with E-state index >= 15 is 0 Å². The Morgan fingerprint density at radius 2 is 2.40 bits per heavy atom. The Hall–Kier alpha value is -1.62. The van der Waals surface area contributed by atoms with Gasteiger partial charge in [-0.15, -0.1) is 0 Å². The summed E-state index contributed by atoms with van der Waals surface area (Å²) in [5, 5.41) is 2.74. The minimum absolute atomic E-state index is 0.00373. The van der Waals surface area contributed by atoms with Gasteiger partial charge in [-0.05, 0) is 31.4 Å². The molecule has 110 valence electrons. The summed E-state index contributed by atoms with van der Waals surface area (Å²) in [6.45, 7) is 3.80. The lowest BCUT2D eigenvalue weighted by Gasteiger charge is -2.33. The molecule has 3 N–H and O–H groups in total. The first-order valence-corrected chi connectivity index (χ1v) is 7.33. The van der Waals surface area contributed by atoms with Crippen LogP contribution in [0.15, 0.2) is 18.3 Å². The zero-order chi connectivity index (χ0) is 14.5. The van der Waals surface area contributed by atoms with E-state index in [0.717, 1.165) is 43.7 Å². The van der Waals surface area contributed by atoms with Crippen molar-refractivity contribution in [2.75, 3.05) is 25.0 Å². The Bertz CT molecular complexity index is 446. The van der Waals surface area contributed by atoms with E-state index in [1.165, 1.54) is 0 Å². The van der Waals surface area contributed by atoms with Crippen molar-refractivity contribution in [1.82, 2.24) is 10.3 Å². The highest BCUT2D eigenvalue weighted by atomic mass is 16.1. The molecule has 5 heteroatoms. The maximum absolute atomic E-state index is 11.8. The quantitative estimate of drug-likeness (QED) is 0.873. The Morgan fingerprint density at radius 1 is 1.60 bits per heavy atom. The number of nitrogens with zero attached hydrogens (tertiary/aromatic N) is 2. The van der Waals surface area contributed by atoms with Gasteiger partial charge in [0.2, 0.25) is 5.91 Å². The summed E-state index contributed by atoms with van der Waals surface area (Å²) in [7, 11) is 1.70. The fraction of sp³-hybridized carbons (Fsp3) is 0.600. The fourth-order valence-electron chi connectivity index (χ4n) is 2.64. The molecular weight excluding hydrogens is 252 g/mol. The topological polar surface area (TPSA) is 71.2 Å². The lowest BCUT2D eigenvalue weighted by Crippen LogP contribution is -2.42. The summed E-state index contributed by atoms with van der Waals surface area (Å²) in [6, 6.07) is 4.06. The van der Waals surface area contributed by atoms with E-state index in [2.05, 4.69) is 28.2 Å². The standard InChI is InChI=1S/C15H24N4O/c1-3-13(16)14-7-6-12(9-18-14)19-8-4-5-11(10-19)15(20)17-2/h6-7,9,11,13H,3-5,8,10,16H2,1-2H3,(H,17,20)/t11?,13-/m0/s1. The van der Waals surface area contributed by atoms with Crippen molar-refractivity contribution in [3.63, 3.8) is 0 Å². The van der Waals surface area contributed by atoms with Gasteiger partial charge in [0.25, 0.3) is 0 Å². The maximum Gasteiger partial charge on any atom is 0.224 e. The average Bonchev–Trinajstić information content (AvgIpc) is 2.53. The number of carbonyl (C=O) groups excluding carboxylic acids is 1. The van der Waals surface area contributed by atoms with Crippen LogP contribution in [0.4, 0.5) is 5.69 Å². The first-order valence-electron chi connectivity index (χ1n) is 7.33. The molecule has 1 aromatic heterocycles. The summed E-state index contributed by atoms with van der Waals surface area (Å²) in [4.78, 5) is 18.4. The van der Waals surface area contributed by atoms with Gasteiger partial charge >= 0.3 is 0 Å². The molecule has 5 nitrogen and oxygen atoms in total. The van der Waals surface area contributed by atoms with Crippen molar-refractivity contribution in [2.24, 2.45) is 11.7 Å². The molecule has 0 bridgehead atoms. The average molecular weight is 276 g/mol. The molecule has 1 saturated heterocycles. The summed E-state index contributed by atoms with van der Waals surface area (Å²) >= 11 is 0. The zero-order valence-corrected chi connectivity index (χ0v) is 12.3. The van der Waals surface area contributed by atoms with Crippen molar-refractivity contribution in [3.8, 4) is 0 Å². The van der Waals surface area contributed by atoms with E-state index in [9.17, 15) is 4.79 Å². The highest BCUT2D eigenvalue weighted by Gasteiger charge is 2.25. The zero-order valence-electron chi connectivity index (χ0n) is 12.3. The van der Waals surface area contributed by atoms with Crippen LogP contribution in [0, 0.1) is 5.92 Å². The molecule has 0 aromatic carbocycles. The molecule has 1 aromatic rings. The fourth-order valence-corrected chi connectivity index (χ4v) is 2.64. The number of amides is 1. The minimum Gasteiger partial charge on any atom is -0.369 e. The second-order valence-electron chi connectivity index (χ2n) is 5.36. The van der Waals surface area contributed by atoms with Gasteiger partial charge in [0.1, 0.15) is 0 Å². The third-order valence-corrected chi connectivity index (χ3v) is 3.99. The number of anilines is 1. The van der Waals surface area contributed by atoms with E-state index in [0.29, 0.717) is 0 Å². The number of piperidine rings is 1. The van der Waals surface area contributed by atoms with E-state index < -0.39 is 0 Å². The molecule has 0 saturated carbocycles. The summed E-state index contributed by atoms with van der Waals surface area (Å²) in [5.74, 6) is 0.207. The SMILES string of the molecule is CC[C@H](N)c1ccc(N2CCCC(C(=O)NC)C2)cn1. The predicted octanol–water partition coefficient (Wildman–Crippen LogP) is 1.45. The Kier molecular flexibility index (Phi) is 4.95. The van der Waals surface area contributed by atoms with Crippen LogP contribution in [0.25, 0.3) is 0 Å². The van der Waals surface area contributed by atoms with E-state index in [4.69, 9.17) is 5.73 Å². The highest BCUT2D eigenvalue weighted by molar-refractivity contribution is 5.79. The first-order chi connectivity index (χ1) is 9.65. The normalized spacial score (nSPS) is 20.6. The molecule has 1 fully saturated rings. The summed E-state index contributed by atoms with van der Waals surface area (Å²) < 4.78 is 0. The predicted molar refractivity (Wildman–Crippen MR) is 80.5 cm³/mol. The molecule has 2 rings (SSSR count). The molecular formula is C15H24N4O. The number of nitrogens with two attached hydrogens (primary N) is 1. The highest BCUT2D eigenvalue weighted by Crippen LogP contribution is 2.23. The molecule has 2 atom stereocenters. The van der Waals surface area contributed by atoms with Crippen molar-refractivity contribution in [3.05, 3.63) is 24.0 Å². The van der Waals surface area contributed by atoms with Crippen LogP contribution in [0.1, 0.15) is 37.9 Å². The lowest BCUT2D eigenvalue weighted by molar-refractivity contribution is -0.124. The molecule has 1 aliphatic rings. The van der Waals surface area contributed by atoms with Crippen LogP contribution in [-0.4, -0.2) is 31.0 Å². The van der Waals surface area contributed by atoms with Gasteiger partial charge in [0.15, 0.2) is 0 Å². The first kappa shape index (κ1) is 14.8. The van der Waals surface area contributed by atoms with Crippen LogP contribution < -0.4 is 16.0 Å². The second kappa shape index (κ2) is 6.70. The van der Waals surface area contributed by atoms with Gasteiger partial charge in [-0.25, -0.2) is 0 Å². The molecule has 1 amide bonds. The third kappa shape index (κ3) is 3.28. The summed E-state index contributed by atoms with van der Waals surface area (Å²) in [6.07, 6.45) is 4.75. The van der Waals surface area contributed by atoms with Crippen LogP contribution in [-0.2, 0) is 4.79 Å². The molecule has 0 radical (unpaired) electrons. The monoisotopic (exact) mass is 276 g/mol. The van der Waals surface area contributed by atoms with Gasteiger partial charge < -0.3 is 16.0 Å². The van der Waals surface area contributed by atoms with E-state index in [1.54, 1.807) is 7.05 Å². The number of hydrogen-bond acceptors (Lipinski definition) is 4. The van der Waals surface area contributed by atoms with Gasteiger partial charge in [-0.3, -0.25) is 9.78 Å². The molecule has 1 aliphatic heterocycles. The third-order valence-electron chi connectivity index (χ3n) is 3.99. The minimum atomic E-state index is 0.00373. The Labute approximate surface area is 120 Å². The molecule has 1 unspecified atom stereocenters. The van der Waals surface area contributed by atoms with Crippen LogP contribution >= 0.6 is 0 Å². The number of nitrogens with one attached hydrogen (secondary N) is 1. The second-order valence-corrected chi connectivity index (χ2v) is 5.36. The van der Waals surface area contributed by atoms with Crippen LogP contribution in [0.5, 0.6) is 0 Å². The van der Waals surface area contributed by atoms with Crippen LogP contribution in [0.2, 0.25) is 0 Å². The largest absolute Gasteiger partial charge is 0.369 e. The number of carbonyl (C=O) groups is 1. The van der Waals surface area contributed by atoms with Crippen molar-refractivity contribution >= 4 is 11.6 Å². The maximum atomic E-state index is 11.8. The number of hydrogen-bond donors (Lipinski definition) is 2. The molecule has 20 heavy (non-hydrogen) atoms. The van der Waals surface area contributed by atoms with E-state index in [1.807, 2.05) is 12.3 Å².